The lowest BCUT2D eigenvalue weighted by atomic mass is 10.2. The van der Waals surface area contributed by atoms with Gasteiger partial charge >= 0.3 is 5.97 Å². The molecular weight excluding hydrogens is 403 g/mol. The van der Waals surface area contributed by atoms with E-state index < -0.39 is 18.5 Å². The second-order valence-corrected chi connectivity index (χ2v) is 6.72. The summed E-state index contributed by atoms with van der Waals surface area (Å²) in [6, 6.07) is 11.4. The first-order valence-electron chi connectivity index (χ1n) is 8.18. The predicted molar refractivity (Wildman–Crippen MR) is 110 cm³/mol. The molecule has 2 amide bonds. The Bertz CT molecular complexity index is 889. The SMILES string of the molecule is CN(C)C(=O)c1ccc(NC(=O)COC(=O)C=Cc2c(Cl)cccc2Cl)cc1. The molecule has 1 N–H and O–H groups in total. The molecule has 0 aliphatic rings. The molecule has 146 valence electrons. The van der Waals surface area contributed by atoms with Crippen LogP contribution in [0.4, 0.5) is 5.69 Å². The summed E-state index contributed by atoms with van der Waals surface area (Å²) in [7, 11) is 3.31. The van der Waals surface area contributed by atoms with Crippen molar-refractivity contribution in [1.82, 2.24) is 4.90 Å². The minimum atomic E-state index is -0.710. The molecule has 0 bridgehead atoms. The van der Waals surface area contributed by atoms with Crippen LogP contribution in [0, 0.1) is 0 Å². The van der Waals surface area contributed by atoms with Crippen LogP contribution in [0.5, 0.6) is 0 Å². The number of nitrogens with zero attached hydrogens (tertiary/aromatic N) is 1. The number of nitrogens with one attached hydrogen (secondary N) is 1. The highest BCUT2D eigenvalue weighted by Gasteiger charge is 2.10. The fourth-order valence-electron chi connectivity index (χ4n) is 2.16. The van der Waals surface area contributed by atoms with E-state index in [2.05, 4.69) is 5.32 Å². The largest absolute Gasteiger partial charge is 0.452 e. The summed E-state index contributed by atoms with van der Waals surface area (Å²) in [6.45, 7) is -0.461. The Morgan fingerprint density at radius 2 is 1.64 bits per heavy atom. The smallest absolute Gasteiger partial charge is 0.331 e. The molecule has 0 atom stereocenters. The van der Waals surface area contributed by atoms with Crippen molar-refractivity contribution < 1.29 is 19.1 Å². The van der Waals surface area contributed by atoms with Gasteiger partial charge < -0.3 is 15.0 Å². The quantitative estimate of drug-likeness (QED) is 0.567. The van der Waals surface area contributed by atoms with Gasteiger partial charge in [-0.25, -0.2) is 4.79 Å². The van der Waals surface area contributed by atoms with Crippen LogP contribution < -0.4 is 5.32 Å². The lowest BCUT2D eigenvalue weighted by Gasteiger charge is -2.11. The van der Waals surface area contributed by atoms with Crippen LogP contribution in [-0.2, 0) is 14.3 Å². The van der Waals surface area contributed by atoms with Crippen molar-refractivity contribution in [3.8, 4) is 0 Å². The van der Waals surface area contributed by atoms with Crippen molar-refractivity contribution in [3.05, 3.63) is 69.7 Å². The molecule has 0 spiro atoms. The van der Waals surface area contributed by atoms with E-state index in [1.54, 1.807) is 56.6 Å². The highest BCUT2D eigenvalue weighted by molar-refractivity contribution is 6.37. The number of halogens is 2. The van der Waals surface area contributed by atoms with Crippen LogP contribution in [0.2, 0.25) is 10.0 Å². The molecule has 0 heterocycles. The van der Waals surface area contributed by atoms with Gasteiger partial charge in [-0.1, -0.05) is 29.3 Å². The minimum Gasteiger partial charge on any atom is -0.452 e. The summed E-state index contributed by atoms with van der Waals surface area (Å²) >= 11 is 12.0. The van der Waals surface area contributed by atoms with Crippen LogP contribution in [0.3, 0.4) is 0 Å². The van der Waals surface area contributed by atoms with Crippen molar-refractivity contribution in [2.75, 3.05) is 26.0 Å². The number of benzene rings is 2. The van der Waals surface area contributed by atoms with Crippen LogP contribution in [-0.4, -0.2) is 43.4 Å². The number of esters is 1. The van der Waals surface area contributed by atoms with E-state index in [1.807, 2.05) is 0 Å². The summed E-state index contributed by atoms with van der Waals surface area (Å²) < 4.78 is 4.89. The first kappa shape index (κ1) is 21.5. The maximum Gasteiger partial charge on any atom is 0.331 e. The fraction of sp³-hybridized carbons (Fsp3) is 0.150. The standard InChI is InChI=1S/C20H18Cl2N2O4/c1-24(2)20(27)13-6-8-14(9-7-13)23-18(25)12-28-19(26)11-10-15-16(21)4-3-5-17(15)22/h3-11H,12H2,1-2H3,(H,23,25). The van der Waals surface area contributed by atoms with Crippen molar-refractivity contribution in [3.63, 3.8) is 0 Å². The van der Waals surface area contributed by atoms with E-state index in [4.69, 9.17) is 27.9 Å². The number of carbonyl (C=O) groups excluding carboxylic acids is 3. The highest BCUT2D eigenvalue weighted by atomic mass is 35.5. The van der Waals surface area contributed by atoms with Gasteiger partial charge in [-0.2, -0.15) is 0 Å². The third-order valence-electron chi connectivity index (χ3n) is 3.55. The molecule has 8 heteroatoms. The molecule has 28 heavy (non-hydrogen) atoms. The summed E-state index contributed by atoms with van der Waals surface area (Å²) in [6.07, 6.45) is 2.56. The van der Waals surface area contributed by atoms with Gasteiger partial charge in [0.05, 0.1) is 0 Å². The second kappa shape index (κ2) is 9.92. The number of amides is 2. The van der Waals surface area contributed by atoms with Crippen LogP contribution in [0.15, 0.2) is 48.5 Å². The average molecular weight is 421 g/mol. The Morgan fingerprint density at radius 1 is 1.04 bits per heavy atom. The summed E-state index contributed by atoms with van der Waals surface area (Å²) in [5.41, 5.74) is 1.46. The van der Waals surface area contributed by atoms with Gasteiger partial charge in [0.15, 0.2) is 6.61 Å². The van der Waals surface area contributed by atoms with Gasteiger partial charge in [0.2, 0.25) is 0 Å². The number of carbonyl (C=O) groups is 3. The molecule has 0 aromatic heterocycles. The normalized spacial score (nSPS) is 10.6. The zero-order chi connectivity index (χ0) is 20.7. The number of ether oxygens (including phenoxy) is 1. The molecular formula is C20H18Cl2N2O4. The molecule has 0 saturated carbocycles. The van der Waals surface area contributed by atoms with E-state index in [0.29, 0.717) is 26.9 Å². The maximum atomic E-state index is 11.9. The number of hydrogen-bond acceptors (Lipinski definition) is 4. The van der Waals surface area contributed by atoms with Gasteiger partial charge in [0.1, 0.15) is 0 Å². The molecule has 6 nitrogen and oxygen atoms in total. The lowest BCUT2D eigenvalue weighted by molar-refractivity contribution is -0.142. The maximum absolute atomic E-state index is 11.9. The summed E-state index contributed by atoms with van der Waals surface area (Å²) in [5, 5.41) is 3.37. The van der Waals surface area contributed by atoms with E-state index in [-0.39, 0.29) is 5.91 Å². The van der Waals surface area contributed by atoms with Crippen LogP contribution >= 0.6 is 23.2 Å². The first-order valence-corrected chi connectivity index (χ1v) is 8.94. The van der Waals surface area contributed by atoms with Crippen molar-refractivity contribution in [2.45, 2.75) is 0 Å². The molecule has 2 rings (SSSR count). The predicted octanol–water partition coefficient (Wildman–Crippen LogP) is 3.89. The lowest BCUT2D eigenvalue weighted by Crippen LogP contribution is -2.22. The molecule has 0 aliphatic heterocycles. The monoisotopic (exact) mass is 420 g/mol. The third-order valence-corrected chi connectivity index (χ3v) is 4.21. The Hall–Kier alpha value is -2.83. The molecule has 2 aromatic carbocycles. The van der Waals surface area contributed by atoms with E-state index in [1.165, 1.54) is 11.0 Å². The number of anilines is 1. The van der Waals surface area contributed by atoms with Gasteiger partial charge in [0.25, 0.3) is 11.8 Å². The third kappa shape index (κ3) is 6.11. The zero-order valence-corrected chi connectivity index (χ0v) is 16.8. The molecule has 0 radical (unpaired) electrons. The van der Waals surface area contributed by atoms with Crippen LogP contribution in [0.1, 0.15) is 15.9 Å². The summed E-state index contributed by atoms with van der Waals surface area (Å²) in [5.74, 6) is -1.36. The Kier molecular flexibility index (Phi) is 7.61. The van der Waals surface area contributed by atoms with Gasteiger partial charge in [-0.3, -0.25) is 9.59 Å². The Morgan fingerprint density at radius 3 is 2.21 bits per heavy atom. The van der Waals surface area contributed by atoms with E-state index >= 15 is 0 Å². The van der Waals surface area contributed by atoms with E-state index in [0.717, 1.165) is 6.08 Å². The number of hydrogen-bond donors (Lipinski definition) is 1. The van der Waals surface area contributed by atoms with Crippen LogP contribution in [0.25, 0.3) is 6.08 Å². The second-order valence-electron chi connectivity index (χ2n) is 5.90. The van der Waals surface area contributed by atoms with Crippen molar-refractivity contribution in [2.24, 2.45) is 0 Å². The van der Waals surface area contributed by atoms with Crippen molar-refractivity contribution in [1.29, 1.82) is 0 Å². The zero-order valence-electron chi connectivity index (χ0n) is 15.2. The molecule has 0 fully saturated rings. The minimum absolute atomic E-state index is 0.141. The average Bonchev–Trinajstić information content (AvgIpc) is 2.66. The Labute approximate surface area is 172 Å². The topological polar surface area (TPSA) is 75.7 Å². The van der Waals surface area contributed by atoms with Gasteiger partial charge in [0, 0.05) is 47.0 Å². The molecule has 0 aliphatic carbocycles. The van der Waals surface area contributed by atoms with E-state index in [9.17, 15) is 14.4 Å². The Balaban J connectivity index is 1.86. The summed E-state index contributed by atoms with van der Waals surface area (Å²) in [4.78, 5) is 36.9. The number of rotatable bonds is 6. The first-order chi connectivity index (χ1) is 13.3. The molecule has 0 saturated heterocycles. The fourth-order valence-corrected chi connectivity index (χ4v) is 2.68. The van der Waals surface area contributed by atoms with Gasteiger partial charge in [-0.15, -0.1) is 0 Å². The molecule has 2 aromatic rings. The molecule has 0 unspecified atom stereocenters. The van der Waals surface area contributed by atoms with Crippen molar-refractivity contribution >= 4 is 52.7 Å². The van der Waals surface area contributed by atoms with Gasteiger partial charge in [-0.05, 0) is 42.5 Å². The highest BCUT2D eigenvalue weighted by Crippen LogP contribution is 2.25.